The predicted molar refractivity (Wildman–Crippen MR) is 56.0 cm³/mol. The van der Waals surface area contributed by atoms with Crippen molar-refractivity contribution in [2.45, 2.75) is 19.9 Å². The minimum absolute atomic E-state index is 0.990. The van der Waals surface area contributed by atoms with Crippen LogP contribution in [0.25, 0.3) is 0 Å². The molecule has 2 rings (SSSR count). The first-order valence-corrected chi connectivity index (χ1v) is 4.96. The van der Waals surface area contributed by atoms with Crippen LogP contribution in [-0.4, -0.2) is 13.1 Å². The van der Waals surface area contributed by atoms with Crippen LogP contribution in [0.3, 0.4) is 0 Å². The first kappa shape index (κ1) is 8.57. The molecule has 2 N–H and O–H groups in total. The number of nitrogens with one attached hydrogen (secondary N) is 2. The van der Waals surface area contributed by atoms with Gasteiger partial charge in [-0.2, -0.15) is 0 Å². The van der Waals surface area contributed by atoms with Gasteiger partial charge >= 0.3 is 0 Å². The fourth-order valence-corrected chi connectivity index (χ4v) is 1.74. The van der Waals surface area contributed by atoms with E-state index in [-0.39, 0.29) is 0 Å². The minimum Gasteiger partial charge on any atom is -0.384 e. The largest absolute Gasteiger partial charge is 0.384 e. The quantitative estimate of drug-likeness (QED) is 0.733. The zero-order valence-corrected chi connectivity index (χ0v) is 8.06. The van der Waals surface area contributed by atoms with E-state index in [1.165, 1.54) is 23.2 Å². The second-order valence-corrected chi connectivity index (χ2v) is 3.45. The predicted octanol–water partition coefficient (Wildman–Crippen LogP) is 1.76. The van der Waals surface area contributed by atoms with Crippen LogP contribution in [0.2, 0.25) is 0 Å². The van der Waals surface area contributed by atoms with Crippen molar-refractivity contribution in [3.05, 3.63) is 29.3 Å². The molecule has 0 radical (unpaired) electrons. The first-order valence-electron chi connectivity index (χ1n) is 4.96. The molecule has 0 bridgehead atoms. The molecule has 0 aliphatic carbocycles. The Kier molecular flexibility index (Phi) is 2.50. The SMILES string of the molecule is CCNCc1ccc2c(c1)CCN2. The van der Waals surface area contributed by atoms with Crippen LogP contribution in [0.15, 0.2) is 18.2 Å². The van der Waals surface area contributed by atoms with Gasteiger partial charge in [-0.15, -0.1) is 0 Å². The van der Waals surface area contributed by atoms with Gasteiger partial charge < -0.3 is 10.6 Å². The molecule has 1 aromatic rings. The Balaban J connectivity index is 2.12. The first-order chi connectivity index (χ1) is 6.40. The molecule has 13 heavy (non-hydrogen) atoms. The van der Waals surface area contributed by atoms with Gasteiger partial charge in [-0.25, -0.2) is 0 Å². The second kappa shape index (κ2) is 3.79. The van der Waals surface area contributed by atoms with E-state index in [9.17, 15) is 0 Å². The highest BCUT2D eigenvalue weighted by molar-refractivity contribution is 5.56. The van der Waals surface area contributed by atoms with E-state index in [0.717, 1.165) is 19.6 Å². The molecule has 0 aromatic heterocycles. The molecule has 1 heterocycles. The van der Waals surface area contributed by atoms with Gasteiger partial charge in [0, 0.05) is 18.8 Å². The Hall–Kier alpha value is -1.02. The molecule has 1 aliphatic rings. The maximum absolute atomic E-state index is 3.36. The summed E-state index contributed by atoms with van der Waals surface area (Å²) in [6, 6.07) is 6.69. The van der Waals surface area contributed by atoms with Crippen molar-refractivity contribution >= 4 is 5.69 Å². The summed E-state index contributed by atoms with van der Waals surface area (Å²) in [5, 5.41) is 6.70. The normalized spacial score (nSPS) is 13.9. The number of fused-ring (bicyclic) bond motifs is 1. The van der Waals surface area contributed by atoms with Crippen molar-refractivity contribution in [1.82, 2.24) is 5.32 Å². The van der Waals surface area contributed by atoms with Gasteiger partial charge in [0.1, 0.15) is 0 Å². The summed E-state index contributed by atoms with van der Waals surface area (Å²) in [5.74, 6) is 0. The molecule has 1 aromatic carbocycles. The third-order valence-electron chi connectivity index (χ3n) is 2.46. The van der Waals surface area contributed by atoms with Gasteiger partial charge in [0.05, 0.1) is 0 Å². The Morgan fingerprint density at radius 1 is 1.46 bits per heavy atom. The average molecular weight is 176 g/mol. The van der Waals surface area contributed by atoms with Crippen LogP contribution in [0, 0.1) is 0 Å². The van der Waals surface area contributed by atoms with Crippen molar-refractivity contribution in [2.24, 2.45) is 0 Å². The fourth-order valence-electron chi connectivity index (χ4n) is 1.74. The number of anilines is 1. The lowest BCUT2D eigenvalue weighted by atomic mass is 10.1. The van der Waals surface area contributed by atoms with E-state index in [0.29, 0.717) is 0 Å². The maximum Gasteiger partial charge on any atom is 0.0373 e. The molecule has 70 valence electrons. The highest BCUT2D eigenvalue weighted by atomic mass is 14.9. The van der Waals surface area contributed by atoms with Crippen LogP contribution in [0.5, 0.6) is 0 Å². The Morgan fingerprint density at radius 2 is 2.38 bits per heavy atom. The Labute approximate surface area is 79.4 Å². The Bertz CT molecular complexity index is 294. The van der Waals surface area contributed by atoms with Crippen molar-refractivity contribution in [3.63, 3.8) is 0 Å². The molecule has 0 spiro atoms. The molecule has 2 heteroatoms. The molecule has 0 atom stereocenters. The van der Waals surface area contributed by atoms with E-state index >= 15 is 0 Å². The summed E-state index contributed by atoms with van der Waals surface area (Å²) in [4.78, 5) is 0. The molecule has 0 fully saturated rings. The molecule has 0 saturated carbocycles. The van der Waals surface area contributed by atoms with Crippen LogP contribution in [0.1, 0.15) is 18.1 Å². The molecule has 1 aliphatic heterocycles. The van der Waals surface area contributed by atoms with Crippen molar-refractivity contribution in [3.8, 4) is 0 Å². The molecule has 0 unspecified atom stereocenters. The zero-order valence-electron chi connectivity index (χ0n) is 8.06. The van der Waals surface area contributed by atoms with E-state index in [4.69, 9.17) is 0 Å². The highest BCUT2D eigenvalue weighted by Gasteiger charge is 2.09. The van der Waals surface area contributed by atoms with Gasteiger partial charge in [0.25, 0.3) is 0 Å². The fraction of sp³-hybridized carbons (Fsp3) is 0.455. The Morgan fingerprint density at radius 3 is 3.23 bits per heavy atom. The van der Waals surface area contributed by atoms with Crippen LogP contribution >= 0.6 is 0 Å². The standard InChI is InChI=1S/C11H16N2/c1-2-12-8-9-3-4-11-10(7-9)5-6-13-11/h3-4,7,12-13H,2,5-6,8H2,1H3. The van der Waals surface area contributed by atoms with Crippen molar-refractivity contribution in [1.29, 1.82) is 0 Å². The highest BCUT2D eigenvalue weighted by Crippen LogP contribution is 2.22. The smallest absolute Gasteiger partial charge is 0.0373 e. The van der Waals surface area contributed by atoms with Crippen LogP contribution < -0.4 is 10.6 Å². The molecular formula is C11H16N2. The monoisotopic (exact) mass is 176 g/mol. The molecule has 0 amide bonds. The van der Waals surface area contributed by atoms with E-state index < -0.39 is 0 Å². The van der Waals surface area contributed by atoms with E-state index in [2.05, 4.69) is 35.8 Å². The van der Waals surface area contributed by atoms with Gasteiger partial charge in [-0.1, -0.05) is 19.1 Å². The van der Waals surface area contributed by atoms with Crippen LogP contribution in [0.4, 0.5) is 5.69 Å². The summed E-state index contributed by atoms with van der Waals surface area (Å²) < 4.78 is 0. The number of rotatable bonds is 3. The summed E-state index contributed by atoms with van der Waals surface area (Å²) in [5.41, 5.74) is 4.18. The van der Waals surface area contributed by atoms with E-state index in [1.54, 1.807) is 0 Å². The average Bonchev–Trinajstić information content (AvgIpc) is 2.61. The van der Waals surface area contributed by atoms with Gasteiger partial charge in [0.15, 0.2) is 0 Å². The van der Waals surface area contributed by atoms with Crippen molar-refractivity contribution < 1.29 is 0 Å². The van der Waals surface area contributed by atoms with E-state index in [1.807, 2.05) is 0 Å². The molecule has 2 nitrogen and oxygen atoms in total. The van der Waals surface area contributed by atoms with Gasteiger partial charge in [0.2, 0.25) is 0 Å². The minimum atomic E-state index is 0.990. The molecular weight excluding hydrogens is 160 g/mol. The van der Waals surface area contributed by atoms with Crippen LogP contribution in [-0.2, 0) is 13.0 Å². The van der Waals surface area contributed by atoms with Gasteiger partial charge in [-0.3, -0.25) is 0 Å². The third kappa shape index (κ3) is 1.83. The number of benzene rings is 1. The summed E-state index contributed by atoms with van der Waals surface area (Å²) in [6.45, 7) is 5.26. The number of hydrogen-bond acceptors (Lipinski definition) is 2. The van der Waals surface area contributed by atoms with Gasteiger partial charge in [-0.05, 0) is 30.2 Å². The summed E-state index contributed by atoms with van der Waals surface area (Å²) >= 11 is 0. The molecule has 0 saturated heterocycles. The lowest BCUT2D eigenvalue weighted by Crippen LogP contribution is -2.11. The van der Waals surface area contributed by atoms with Crippen molar-refractivity contribution in [2.75, 3.05) is 18.4 Å². The lowest BCUT2D eigenvalue weighted by molar-refractivity contribution is 0.726. The zero-order chi connectivity index (χ0) is 9.10. The third-order valence-corrected chi connectivity index (χ3v) is 2.46. The summed E-state index contributed by atoms with van der Waals surface area (Å²) in [6.07, 6.45) is 1.18. The maximum atomic E-state index is 3.36. The topological polar surface area (TPSA) is 24.1 Å². The second-order valence-electron chi connectivity index (χ2n) is 3.45. The number of hydrogen-bond donors (Lipinski definition) is 2. The lowest BCUT2D eigenvalue weighted by Gasteiger charge is -2.04. The summed E-state index contributed by atoms with van der Waals surface area (Å²) in [7, 11) is 0.